The molecule has 0 aliphatic heterocycles. The molecule has 1 aromatic heterocycles. The van der Waals surface area contributed by atoms with Crippen LogP contribution in [0.5, 0.6) is 11.5 Å². The van der Waals surface area contributed by atoms with Gasteiger partial charge >= 0.3 is 0 Å². The molecule has 0 unspecified atom stereocenters. The Kier molecular flexibility index (Phi) is 8.69. The molecule has 0 radical (unpaired) electrons. The molecule has 0 amide bonds. The number of benzene rings is 4. The molecule has 0 bridgehead atoms. The van der Waals surface area contributed by atoms with Crippen molar-refractivity contribution in [2.75, 3.05) is 7.11 Å². The zero-order valence-corrected chi connectivity index (χ0v) is 25.2. The Balaban J connectivity index is 1.47. The molecule has 0 saturated heterocycles. The van der Waals surface area contributed by atoms with Gasteiger partial charge in [-0.3, -0.25) is 10.1 Å². The van der Waals surface area contributed by atoms with Crippen LogP contribution in [0.1, 0.15) is 27.8 Å². The molecule has 5 aromatic rings. The van der Waals surface area contributed by atoms with E-state index >= 15 is 0 Å². The van der Waals surface area contributed by atoms with Crippen LogP contribution in [0.4, 0.5) is 11.6 Å². The molecular weight excluding hydrogens is 610 g/mol. The summed E-state index contributed by atoms with van der Waals surface area (Å²) >= 11 is 3.55. The monoisotopic (exact) mass is 635 g/mol. The summed E-state index contributed by atoms with van der Waals surface area (Å²) < 4.78 is 18.4. The lowest BCUT2D eigenvalue weighted by Gasteiger charge is -2.13. The van der Waals surface area contributed by atoms with Gasteiger partial charge in [-0.25, -0.2) is 4.99 Å². The smallest absolute Gasteiger partial charge is 0.269 e. The molecule has 0 atom stereocenters. The predicted molar refractivity (Wildman–Crippen MR) is 169 cm³/mol. The minimum absolute atomic E-state index is 0.0132. The van der Waals surface area contributed by atoms with Crippen LogP contribution in [0.15, 0.2) is 98.8 Å². The van der Waals surface area contributed by atoms with Gasteiger partial charge in [0.1, 0.15) is 24.0 Å². The van der Waals surface area contributed by atoms with Crippen LogP contribution in [-0.4, -0.2) is 18.2 Å². The summed E-state index contributed by atoms with van der Waals surface area (Å²) in [7, 11) is 1.53. The van der Waals surface area contributed by atoms with Crippen molar-refractivity contribution in [3.05, 3.63) is 127 Å². The summed E-state index contributed by atoms with van der Waals surface area (Å²) in [6.07, 6.45) is 1.60. The highest BCUT2D eigenvalue weighted by Gasteiger charge is 2.23. The molecule has 0 aliphatic rings. The molecule has 4 aromatic carbocycles. The molecule has 214 valence electrons. The summed E-state index contributed by atoms with van der Waals surface area (Å²) in [5.41, 5.74) is 6.42. The minimum Gasteiger partial charge on any atom is -0.493 e. The van der Waals surface area contributed by atoms with Gasteiger partial charge in [-0.15, -0.1) is 0 Å². The number of methoxy groups -OCH3 is 1. The minimum atomic E-state index is -0.445. The lowest BCUT2D eigenvalue weighted by atomic mass is 9.97. The van der Waals surface area contributed by atoms with Crippen LogP contribution in [0.2, 0.25) is 0 Å². The number of nitriles is 1. The zero-order chi connectivity index (χ0) is 30.5. The highest BCUT2D eigenvalue weighted by atomic mass is 79.9. The van der Waals surface area contributed by atoms with E-state index in [-0.39, 0.29) is 18.2 Å². The molecule has 5 rings (SSSR count). The lowest BCUT2D eigenvalue weighted by Crippen LogP contribution is -2.00. The van der Waals surface area contributed by atoms with E-state index in [4.69, 9.17) is 13.9 Å². The van der Waals surface area contributed by atoms with Gasteiger partial charge in [-0.1, -0.05) is 59.7 Å². The number of nitrogens with zero attached hydrogens (tertiary/aromatic N) is 3. The number of hydrogen-bond donors (Lipinski definition) is 0. The maximum atomic E-state index is 10.9. The van der Waals surface area contributed by atoms with Crippen molar-refractivity contribution >= 4 is 33.7 Å². The quantitative estimate of drug-likeness (QED) is 0.0907. The van der Waals surface area contributed by atoms with E-state index in [9.17, 15) is 15.4 Å². The molecule has 8 nitrogen and oxygen atoms in total. The topological polar surface area (TPSA) is 111 Å². The average molecular weight is 637 g/mol. The van der Waals surface area contributed by atoms with E-state index in [0.29, 0.717) is 38.4 Å². The van der Waals surface area contributed by atoms with Gasteiger partial charge < -0.3 is 13.9 Å². The predicted octanol–water partition coefficient (Wildman–Crippen LogP) is 9.11. The molecule has 0 aliphatic carbocycles. The Labute approximate surface area is 257 Å². The van der Waals surface area contributed by atoms with Crippen molar-refractivity contribution in [1.82, 2.24) is 0 Å². The highest BCUT2D eigenvalue weighted by molar-refractivity contribution is 9.10. The summed E-state index contributed by atoms with van der Waals surface area (Å²) in [5, 5.41) is 21.1. The summed E-state index contributed by atoms with van der Waals surface area (Å²) in [5.74, 6) is 1.69. The second-order valence-corrected chi connectivity index (χ2v) is 10.7. The Morgan fingerprint density at radius 1 is 0.977 bits per heavy atom. The third-order valence-corrected chi connectivity index (χ3v) is 7.36. The second kappa shape index (κ2) is 12.8. The Hall–Kier alpha value is -5.20. The molecular formula is C34H26BrN3O5. The zero-order valence-electron chi connectivity index (χ0n) is 23.6. The first-order valence-electron chi connectivity index (χ1n) is 13.3. The van der Waals surface area contributed by atoms with Gasteiger partial charge in [0.05, 0.1) is 16.5 Å². The number of nitro benzene ring substituents is 1. The Morgan fingerprint density at radius 2 is 1.60 bits per heavy atom. The number of halogens is 1. The fourth-order valence-electron chi connectivity index (χ4n) is 4.47. The second-order valence-electron chi connectivity index (χ2n) is 9.83. The molecule has 0 fully saturated rings. The fraction of sp³-hybridized carbons (Fsp3) is 0.118. The normalized spacial score (nSPS) is 11.0. The fourth-order valence-corrected chi connectivity index (χ4v) is 5.05. The number of nitro groups is 1. The van der Waals surface area contributed by atoms with Crippen molar-refractivity contribution < 1.29 is 18.8 Å². The van der Waals surface area contributed by atoms with Crippen LogP contribution in [0, 0.1) is 35.3 Å². The van der Waals surface area contributed by atoms with Crippen LogP contribution in [0.3, 0.4) is 0 Å². The van der Waals surface area contributed by atoms with Gasteiger partial charge in [-0.05, 0) is 70.7 Å². The average Bonchev–Trinajstić information content (AvgIpc) is 3.38. The molecule has 0 saturated carbocycles. The highest BCUT2D eigenvalue weighted by Crippen LogP contribution is 2.43. The number of aryl methyl sites for hydroxylation is 2. The third kappa shape index (κ3) is 6.50. The van der Waals surface area contributed by atoms with Crippen molar-refractivity contribution in [2.45, 2.75) is 20.5 Å². The van der Waals surface area contributed by atoms with Gasteiger partial charge in [0.15, 0.2) is 11.5 Å². The standard InChI is InChI=1S/C34H26BrN3O5/c1-21-4-10-25(11-5-21)31-28(18-36)34(43-32(31)26-12-6-22(2)7-13-26)37-19-24-16-29(35)33(30(17-24)41-3)42-20-23-8-14-27(15-9-23)38(39)40/h4-17,19H,20H2,1-3H3. The van der Waals surface area contributed by atoms with Crippen molar-refractivity contribution in [3.63, 3.8) is 0 Å². The number of furan rings is 1. The number of ether oxygens (including phenoxy) is 2. The molecule has 0 spiro atoms. The number of non-ortho nitro benzene ring substituents is 1. The first kappa shape index (κ1) is 29.3. The molecule has 43 heavy (non-hydrogen) atoms. The molecule has 9 heteroatoms. The van der Waals surface area contributed by atoms with Gasteiger partial charge in [0.25, 0.3) is 5.69 Å². The number of aliphatic imine (C=N–C) groups is 1. The van der Waals surface area contributed by atoms with E-state index in [1.807, 2.05) is 68.4 Å². The Bertz CT molecular complexity index is 1850. The summed E-state index contributed by atoms with van der Waals surface area (Å²) in [4.78, 5) is 15.1. The molecule has 0 N–H and O–H groups in total. The Morgan fingerprint density at radius 3 is 2.19 bits per heavy atom. The first-order valence-corrected chi connectivity index (χ1v) is 14.1. The van der Waals surface area contributed by atoms with Crippen molar-refractivity contribution in [2.24, 2.45) is 4.99 Å². The lowest BCUT2D eigenvalue weighted by molar-refractivity contribution is -0.384. The summed E-state index contributed by atoms with van der Waals surface area (Å²) in [6.45, 7) is 4.21. The number of rotatable bonds is 9. The number of hydrogen-bond acceptors (Lipinski definition) is 7. The maximum Gasteiger partial charge on any atom is 0.269 e. The van der Waals surface area contributed by atoms with Gasteiger partial charge in [0, 0.05) is 29.5 Å². The third-order valence-electron chi connectivity index (χ3n) is 6.77. The van der Waals surface area contributed by atoms with E-state index in [0.717, 1.165) is 27.8 Å². The van der Waals surface area contributed by atoms with E-state index in [2.05, 4.69) is 27.0 Å². The largest absolute Gasteiger partial charge is 0.493 e. The summed E-state index contributed by atoms with van der Waals surface area (Å²) in [6, 6.07) is 27.9. The van der Waals surface area contributed by atoms with E-state index in [1.165, 1.54) is 19.2 Å². The maximum absolute atomic E-state index is 10.9. The van der Waals surface area contributed by atoms with Crippen LogP contribution in [-0.2, 0) is 6.61 Å². The SMILES string of the molecule is COc1cc(C=Nc2oc(-c3ccc(C)cc3)c(-c3ccc(C)cc3)c2C#N)cc(Br)c1OCc1ccc([N+](=O)[O-])cc1. The van der Waals surface area contributed by atoms with Gasteiger partial charge in [-0.2, -0.15) is 5.26 Å². The first-order chi connectivity index (χ1) is 20.8. The van der Waals surface area contributed by atoms with Gasteiger partial charge in [0.2, 0.25) is 5.88 Å². The van der Waals surface area contributed by atoms with E-state index in [1.54, 1.807) is 24.4 Å². The van der Waals surface area contributed by atoms with Crippen LogP contribution < -0.4 is 9.47 Å². The van der Waals surface area contributed by atoms with Crippen molar-refractivity contribution in [3.8, 4) is 40.0 Å². The van der Waals surface area contributed by atoms with E-state index < -0.39 is 4.92 Å². The van der Waals surface area contributed by atoms with Crippen LogP contribution >= 0.6 is 15.9 Å². The van der Waals surface area contributed by atoms with Crippen LogP contribution in [0.25, 0.3) is 22.5 Å². The van der Waals surface area contributed by atoms with Crippen molar-refractivity contribution in [1.29, 1.82) is 5.26 Å². The molecule has 1 heterocycles.